The van der Waals surface area contributed by atoms with Crippen molar-refractivity contribution in [2.24, 2.45) is 11.3 Å². The van der Waals surface area contributed by atoms with Crippen LogP contribution in [-0.4, -0.2) is 6.04 Å². The highest BCUT2D eigenvalue weighted by molar-refractivity contribution is 5.45. The highest BCUT2D eigenvalue weighted by Crippen LogP contribution is 2.37. The van der Waals surface area contributed by atoms with Crippen molar-refractivity contribution in [1.29, 1.82) is 5.26 Å². The Morgan fingerprint density at radius 3 is 2.43 bits per heavy atom. The number of nitrogens with zero attached hydrogens (tertiary/aromatic N) is 1. The molecule has 1 saturated carbocycles. The lowest BCUT2D eigenvalue weighted by molar-refractivity contribution is 0.214. The standard InChI is InChI=1S/C19H28N2/c1-19(2,3)16-5-4-6-17(12-9-16)21-18-10-7-15(8-11-18)13-14-20/h7-8,10-11,16-17,21H,4-6,9,12-13H2,1-3H3. The molecule has 2 rings (SSSR count). The van der Waals surface area contributed by atoms with E-state index in [2.05, 4.69) is 56.4 Å². The Bertz CT molecular complexity index is 476. The number of hydrogen-bond donors (Lipinski definition) is 1. The van der Waals surface area contributed by atoms with Crippen LogP contribution in [0.5, 0.6) is 0 Å². The van der Waals surface area contributed by atoms with Crippen molar-refractivity contribution in [3.05, 3.63) is 29.8 Å². The molecule has 1 aliphatic rings. The van der Waals surface area contributed by atoms with Gasteiger partial charge in [0.25, 0.3) is 0 Å². The van der Waals surface area contributed by atoms with Crippen LogP contribution in [0.4, 0.5) is 5.69 Å². The van der Waals surface area contributed by atoms with Crippen LogP contribution in [0.3, 0.4) is 0 Å². The third-order valence-corrected chi connectivity index (χ3v) is 4.80. The highest BCUT2D eigenvalue weighted by atomic mass is 14.9. The van der Waals surface area contributed by atoms with Crippen LogP contribution in [0.1, 0.15) is 58.4 Å². The molecule has 1 fully saturated rings. The van der Waals surface area contributed by atoms with E-state index in [-0.39, 0.29) is 0 Å². The predicted octanol–water partition coefficient (Wildman–Crippen LogP) is 5.16. The number of nitriles is 1. The molecule has 2 heteroatoms. The van der Waals surface area contributed by atoms with Gasteiger partial charge in [-0.25, -0.2) is 0 Å². The molecule has 0 bridgehead atoms. The van der Waals surface area contributed by atoms with Crippen molar-refractivity contribution in [3.8, 4) is 6.07 Å². The maximum absolute atomic E-state index is 8.71. The summed E-state index contributed by atoms with van der Waals surface area (Å²) in [5.74, 6) is 0.849. The number of nitrogens with one attached hydrogen (secondary N) is 1. The summed E-state index contributed by atoms with van der Waals surface area (Å²) in [5.41, 5.74) is 2.72. The molecule has 0 aliphatic heterocycles. The molecule has 0 saturated heterocycles. The normalized spacial score (nSPS) is 23.1. The summed E-state index contributed by atoms with van der Waals surface area (Å²) in [7, 11) is 0. The molecule has 1 N–H and O–H groups in total. The van der Waals surface area contributed by atoms with Gasteiger partial charge in [0.1, 0.15) is 0 Å². The van der Waals surface area contributed by atoms with Gasteiger partial charge >= 0.3 is 0 Å². The van der Waals surface area contributed by atoms with E-state index in [1.54, 1.807) is 0 Å². The van der Waals surface area contributed by atoms with Crippen molar-refractivity contribution >= 4 is 5.69 Å². The number of hydrogen-bond acceptors (Lipinski definition) is 2. The predicted molar refractivity (Wildman–Crippen MR) is 89.2 cm³/mol. The average Bonchev–Trinajstić information content (AvgIpc) is 2.66. The molecule has 1 aromatic rings. The molecule has 0 spiro atoms. The first-order valence-electron chi connectivity index (χ1n) is 8.21. The van der Waals surface area contributed by atoms with Crippen LogP contribution in [0, 0.1) is 22.7 Å². The van der Waals surface area contributed by atoms with E-state index < -0.39 is 0 Å². The van der Waals surface area contributed by atoms with Gasteiger partial charge in [-0.1, -0.05) is 39.3 Å². The molecular weight excluding hydrogens is 256 g/mol. The summed E-state index contributed by atoms with van der Waals surface area (Å²) in [6, 6.07) is 11.1. The van der Waals surface area contributed by atoms with Crippen LogP contribution in [0.2, 0.25) is 0 Å². The molecule has 1 aliphatic carbocycles. The summed E-state index contributed by atoms with van der Waals surface area (Å²) in [4.78, 5) is 0. The van der Waals surface area contributed by atoms with Crippen LogP contribution < -0.4 is 5.32 Å². The first-order valence-corrected chi connectivity index (χ1v) is 8.21. The Morgan fingerprint density at radius 1 is 1.10 bits per heavy atom. The fraction of sp³-hybridized carbons (Fsp3) is 0.632. The molecule has 1 aromatic carbocycles. The minimum absolute atomic E-state index is 0.438. The van der Waals surface area contributed by atoms with Gasteiger partial charge in [0.15, 0.2) is 0 Å². The van der Waals surface area contributed by atoms with Gasteiger partial charge in [-0.05, 0) is 54.7 Å². The van der Waals surface area contributed by atoms with E-state index >= 15 is 0 Å². The first-order chi connectivity index (χ1) is 9.99. The second-order valence-electron chi connectivity index (χ2n) is 7.44. The largest absolute Gasteiger partial charge is 0.382 e. The zero-order valence-electron chi connectivity index (χ0n) is 13.7. The molecule has 0 amide bonds. The molecule has 0 radical (unpaired) electrons. The first kappa shape index (κ1) is 15.9. The highest BCUT2D eigenvalue weighted by Gasteiger charge is 2.27. The van der Waals surface area contributed by atoms with E-state index in [4.69, 9.17) is 5.26 Å². The smallest absolute Gasteiger partial charge is 0.0669 e. The number of benzene rings is 1. The minimum Gasteiger partial charge on any atom is -0.382 e. The fourth-order valence-corrected chi connectivity index (χ4v) is 3.36. The van der Waals surface area contributed by atoms with Crippen LogP contribution in [-0.2, 0) is 6.42 Å². The Labute approximate surface area is 129 Å². The van der Waals surface area contributed by atoms with Crippen molar-refractivity contribution in [2.75, 3.05) is 5.32 Å². The van der Waals surface area contributed by atoms with E-state index in [0.717, 1.165) is 11.5 Å². The van der Waals surface area contributed by atoms with Crippen molar-refractivity contribution in [2.45, 2.75) is 65.3 Å². The number of anilines is 1. The zero-order chi connectivity index (χ0) is 15.3. The van der Waals surface area contributed by atoms with Gasteiger partial charge in [-0.3, -0.25) is 0 Å². The fourth-order valence-electron chi connectivity index (χ4n) is 3.36. The van der Waals surface area contributed by atoms with Gasteiger partial charge in [0.2, 0.25) is 0 Å². The third-order valence-electron chi connectivity index (χ3n) is 4.80. The molecular formula is C19H28N2. The van der Waals surface area contributed by atoms with Gasteiger partial charge in [-0.15, -0.1) is 0 Å². The molecule has 21 heavy (non-hydrogen) atoms. The van der Waals surface area contributed by atoms with Gasteiger partial charge in [0, 0.05) is 11.7 Å². The molecule has 0 aromatic heterocycles. The maximum atomic E-state index is 8.71. The molecule has 2 unspecified atom stereocenters. The zero-order valence-corrected chi connectivity index (χ0v) is 13.7. The lowest BCUT2D eigenvalue weighted by Crippen LogP contribution is -2.21. The average molecular weight is 284 g/mol. The molecule has 2 atom stereocenters. The second kappa shape index (κ2) is 6.98. The third kappa shape index (κ3) is 4.77. The van der Waals surface area contributed by atoms with E-state index in [0.29, 0.717) is 17.9 Å². The SMILES string of the molecule is CC(C)(C)C1CCCC(Nc2ccc(CC#N)cc2)CC1. The minimum atomic E-state index is 0.438. The Hall–Kier alpha value is -1.49. The van der Waals surface area contributed by atoms with Crippen molar-refractivity contribution in [3.63, 3.8) is 0 Å². The van der Waals surface area contributed by atoms with Gasteiger partial charge < -0.3 is 5.32 Å². The maximum Gasteiger partial charge on any atom is 0.0669 e. The Balaban J connectivity index is 1.90. The topological polar surface area (TPSA) is 35.8 Å². The Kier molecular flexibility index (Phi) is 5.28. The second-order valence-corrected chi connectivity index (χ2v) is 7.44. The molecule has 0 heterocycles. The summed E-state index contributed by atoms with van der Waals surface area (Å²) in [5, 5.41) is 12.4. The summed E-state index contributed by atoms with van der Waals surface area (Å²) >= 11 is 0. The lowest BCUT2D eigenvalue weighted by atomic mass is 9.76. The molecule has 114 valence electrons. The van der Waals surface area contributed by atoms with Gasteiger partial charge in [-0.2, -0.15) is 5.26 Å². The van der Waals surface area contributed by atoms with Crippen molar-refractivity contribution in [1.82, 2.24) is 0 Å². The Morgan fingerprint density at radius 2 is 1.81 bits per heavy atom. The van der Waals surface area contributed by atoms with Crippen molar-refractivity contribution < 1.29 is 0 Å². The summed E-state index contributed by atoms with van der Waals surface area (Å²) in [6.07, 6.45) is 7.05. The van der Waals surface area contributed by atoms with Crippen LogP contribution >= 0.6 is 0 Å². The number of rotatable bonds is 3. The van der Waals surface area contributed by atoms with E-state index in [9.17, 15) is 0 Å². The van der Waals surface area contributed by atoms with Crippen LogP contribution in [0.25, 0.3) is 0 Å². The monoisotopic (exact) mass is 284 g/mol. The van der Waals surface area contributed by atoms with Crippen LogP contribution in [0.15, 0.2) is 24.3 Å². The molecule has 2 nitrogen and oxygen atoms in total. The summed E-state index contributed by atoms with van der Waals surface area (Å²) < 4.78 is 0. The lowest BCUT2D eigenvalue weighted by Gasteiger charge is -2.29. The van der Waals surface area contributed by atoms with Gasteiger partial charge in [0.05, 0.1) is 12.5 Å². The quantitative estimate of drug-likeness (QED) is 0.778. The van der Waals surface area contributed by atoms with E-state index in [1.807, 2.05) is 0 Å². The van der Waals surface area contributed by atoms with E-state index in [1.165, 1.54) is 37.8 Å². The summed E-state index contributed by atoms with van der Waals surface area (Å²) in [6.45, 7) is 7.12.